The lowest BCUT2D eigenvalue weighted by atomic mass is 10.1. The first-order chi connectivity index (χ1) is 11.9. The van der Waals surface area contributed by atoms with Gasteiger partial charge in [-0.1, -0.05) is 12.1 Å². The largest absolute Gasteiger partial charge is 0.469 e. The molecule has 1 aromatic carbocycles. The van der Waals surface area contributed by atoms with Gasteiger partial charge >= 0.3 is 6.18 Å². The smallest absolute Gasteiger partial charge is 0.416 e. The molecule has 2 aromatic heterocycles. The van der Waals surface area contributed by atoms with Crippen LogP contribution in [0.1, 0.15) is 21.8 Å². The normalized spacial score (nSPS) is 11.5. The van der Waals surface area contributed by atoms with Crippen LogP contribution in [-0.2, 0) is 12.6 Å². The molecular weight excluding hydrogens is 353 g/mol. The van der Waals surface area contributed by atoms with Gasteiger partial charge in [0.25, 0.3) is 5.91 Å². The number of benzene rings is 1. The van der Waals surface area contributed by atoms with Crippen molar-refractivity contribution in [2.45, 2.75) is 12.6 Å². The second-order valence-electron chi connectivity index (χ2n) is 5.20. The quantitative estimate of drug-likeness (QED) is 0.728. The Balaban J connectivity index is 1.66. The van der Waals surface area contributed by atoms with Gasteiger partial charge in [-0.15, -0.1) is 11.3 Å². The second-order valence-corrected chi connectivity index (χ2v) is 6.06. The standard InChI is InChI=1S/C17H13F3N2O2S/c18-17(19,20)12-4-1-3-11(9-12)16-22-14(10-25-16)15(23)21-7-6-13-5-2-8-24-13/h1-5,8-10H,6-7H2,(H,21,23). The molecule has 3 aromatic rings. The van der Waals surface area contributed by atoms with E-state index in [9.17, 15) is 18.0 Å². The minimum Gasteiger partial charge on any atom is -0.469 e. The topological polar surface area (TPSA) is 55.1 Å². The minimum absolute atomic E-state index is 0.178. The summed E-state index contributed by atoms with van der Waals surface area (Å²) in [6.45, 7) is 0.378. The van der Waals surface area contributed by atoms with Crippen molar-refractivity contribution in [2.24, 2.45) is 0 Å². The Hall–Kier alpha value is -2.61. The molecule has 0 atom stereocenters. The van der Waals surface area contributed by atoms with Crippen LogP contribution in [-0.4, -0.2) is 17.4 Å². The fraction of sp³-hybridized carbons (Fsp3) is 0.176. The van der Waals surface area contributed by atoms with Crippen LogP contribution >= 0.6 is 11.3 Å². The minimum atomic E-state index is -4.42. The van der Waals surface area contributed by atoms with Gasteiger partial charge in [-0.2, -0.15) is 13.2 Å². The zero-order valence-electron chi connectivity index (χ0n) is 12.8. The molecule has 0 aliphatic carbocycles. The van der Waals surface area contributed by atoms with Crippen LogP contribution in [0.25, 0.3) is 10.6 Å². The van der Waals surface area contributed by atoms with Gasteiger partial charge in [0, 0.05) is 23.9 Å². The van der Waals surface area contributed by atoms with E-state index in [-0.39, 0.29) is 11.6 Å². The molecule has 25 heavy (non-hydrogen) atoms. The number of amides is 1. The molecule has 130 valence electrons. The van der Waals surface area contributed by atoms with Gasteiger partial charge in [0.1, 0.15) is 16.5 Å². The summed E-state index contributed by atoms with van der Waals surface area (Å²) in [5.41, 5.74) is -0.240. The van der Waals surface area contributed by atoms with Crippen LogP contribution < -0.4 is 5.32 Å². The first kappa shape index (κ1) is 17.2. The predicted octanol–water partition coefficient (Wildman–Crippen LogP) is 4.39. The van der Waals surface area contributed by atoms with Crippen molar-refractivity contribution in [3.8, 4) is 10.6 Å². The third-order valence-corrected chi connectivity index (χ3v) is 4.30. The van der Waals surface area contributed by atoms with Crippen molar-refractivity contribution in [1.82, 2.24) is 10.3 Å². The molecule has 0 spiro atoms. The van der Waals surface area contributed by atoms with Gasteiger partial charge in [-0.3, -0.25) is 4.79 Å². The van der Waals surface area contributed by atoms with E-state index >= 15 is 0 Å². The summed E-state index contributed by atoms with van der Waals surface area (Å²) in [5, 5.41) is 4.59. The number of nitrogens with one attached hydrogen (secondary N) is 1. The molecule has 0 aliphatic heterocycles. The van der Waals surface area contributed by atoms with Gasteiger partial charge in [0.15, 0.2) is 0 Å². The molecule has 0 aliphatic rings. The van der Waals surface area contributed by atoms with E-state index in [1.807, 2.05) is 0 Å². The number of carbonyl (C=O) groups excluding carboxylic acids is 1. The first-order valence-corrected chi connectivity index (χ1v) is 8.25. The number of hydrogen-bond acceptors (Lipinski definition) is 4. The summed E-state index contributed by atoms with van der Waals surface area (Å²) in [4.78, 5) is 16.2. The highest BCUT2D eigenvalue weighted by Gasteiger charge is 2.30. The number of hydrogen-bond donors (Lipinski definition) is 1. The maximum Gasteiger partial charge on any atom is 0.416 e. The van der Waals surface area contributed by atoms with E-state index in [1.165, 1.54) is 17.5 Å². The molecular formula is C17H13F3N2O2S. The van der Waals surface area contributed by atoms with E-state index in [2.05, 4.69) is 10.3 Å². The average molecular weight is 366 g/mol. The summed E-state index contributed by atoms with van der Waals surface area (Å²) in [6.07, 6.45) is -2.32. The van der Waals surface area contributed by atoms with Crippen molar-refractivity contribution < 1.29 is 22.4 Å². The number of rotatable bonds is 5. The van der Waals surface area contributed by atoms with Gasteiger partial charge in [-0.05, 0) is 24.3 Å². The van der Waals surface area contributed by atoms with Crippen LogP contribution in [0, 0.1) is 0 Å². The van der Waals surface area contributed by atoms with Crippen molar-refractivity contribution in [1.29, 1.82) is 0 Å². The molecule has 0 fully saturated rings. The lowest BCUT2D eigenvalue weighted by Gasteiger charge is -2.07. The molecule has 1 N–H and O–H groups in total. The Morgan fingerprint density at radius 3 is 2.80 bits per heavy atom. The third kappa shape index (κ3) is 4.27. The maximum absolute atomic E-state index is 12.8. The number of aromatic nitrogens is 1. The molecule has 0 bridgehead atoms. The number of furan rings is 1. The van der Waals surface area contributed by atoms with Crippen LogP contribution in [0.5, 0.6) is 0 Å². The Morgan fingerprint density at radius 2 is 2.08 bits per heavy atom. The summed E-state index contributed by atoms with van der Waals surface area (Å²) >= 11 is 1.12. The number of thiazole rings is 1. The molecule has 0 unspecified atom stereocenters. The number of alkyl halides is 3. The number of carbonyl (C=O) groups is 1. The van der Waals surface area contributed by atoms with Crippen LogP contribution in [0.15, 0.2) is 52.5 Å². The molecule has 3 rings (SSSR count). The van der Waals surface area contributed by atoms with Crippen molar-refractivity contribution in [3.63, 3.8) is 0 Å². The molecule has 0 radical (unpaired) electrons. The van der Waals surface area contributed by atoms with Gasteiger partial charge in [-0.25, -0.2) is 4.98 Å². The van der Waals surface area contributed by atoms with Crippen molar-refractivity contribution in [3.05, 3.63) is 65.1 Å². The summed E-state index contributed by atoms with van der Waals surface area (Å²) in [5.74, 6) is 0.379. The highest BCUT2D eigenvalue weighted by atomic mass is 32.1. The first-order valence-electron chi connectivity index (χ1n) is 7.37. The average Bonchev–Trinajstić information content (AvgIpc) is 3.26. The Morgan fingerprint density at radius 1 is 1.24 bits per heavy atom. The fourth-order valence-corrected chi connectivity index (χ4v) is 2.98. The zero-order chi connectivity index (χ0) is 17.9. The Kier molecular flexibility index (Phi) is 4.89. The zero-order valence-corrected chi connectivity index (χ0v) is 13.7. The van der Waals surface area contributed by atoms with Crippen molar-refractivity contribution in [2.75, 3.05) is 6.54 Å². The third-order valence-electron chi connectivity index (χ3n) is 3.41. The lowest BCUT2D eigenvalue weighted by Crippen LogP contribution is -2.25. The maximum atomic E-state index is 12.8. The highest BCUT2D eigenvalue weighted by molar-refractivity contribution is 7.13. The molecule has 0 saturated carbocycles. The predicted molar refractivity (Wildman–Crippen MR) is 87.3 cm³/mol. The van der Waals surface area contributed by atoms with E-state index < -0.39 is 11.7 Å². The highest BCUT2D eigenvalue weighted by Crippen LogP contribution is 2.33. The van der Waals surface area contributed by atoms with Gasteiger partial charge in [0.2, 0.25) is 0 Å². The molecule has 1 amide bonds. The molecule has 2 heterocycles. The van der Waals surface area contributed by atoms with Crippen LogP contribution in [0.3, 0.4) is 0 Å². The fourth-order valence-electron chi connectivity index (χ4n) is 2.18. The van der Waals surface area contributed by atoms with E-state index in [0.29, 0.717) is 23.5 Å². The monoisotopic (exact) mass is 366 g/mol. The summed E-state index contributed by atoms with van der Waals surface area (Å²) < 4.78 is 43.5. The van der Waals surface area contributed by atoms with Crippen LogP contribution in [0.2, 0.25) is 0 Å². The van der Waals surface area contributed by atoms with Gasteiger partial charge in [0.05, 0.1) is 11.8 Å². The number of nitrogens with zero attached hydrogens (tertiary/aromatic N) is 1. The van der Waals surface area contributed by atoms with E-state index in [0.717, 1.165) is 29.2 Å². The second kappa shape index (κ2) is 7.10. The lowest BCUT2D eigenvalue weighted by molar-refractivity contribution is -0.137. The summed E-state index contributed by atoms with van der Waals surface area (Å²) in [7, 11) is 0. The molecule has 0 saturated heterocycles. The molecule has 4 nitrogen and oxygen atoms in total. The van der Waals surface area contributed by atoms with Crippen LogP contribution in [0.4, 0.5) is 13.2 Å². The van der Waals surface area contributed by atoms with Gasteiger partial charge < -0.3 is 9.73 Å². The SMILES string of the molecule is O=C(NCCc1ccco1)c1csc(-c2cccc(C(F)(F)F)c2)n1. The van der Waals surface area contributed by atoms with Crippen molar-refractivity contribution >= 4 is 17.2 Å². The molecule has 8 heteroatoms. The van der Waals surface area contributed by atoms with E-state index in [4.69, 9.17) is 4.42 Å². The Bertz CT molecular complexity index is 857. The summed E-state index contributed by atoms with van der Waals surface area (Å²) in [6, 6.07) is 8.45. The van der Waals surface area contributed by atoms with E-state index in [1.54, 1.807) is 18.4 Å². The number of halogens is 3. The Labute approximate surface area is 145 Å².